The Labute approximate surface area is 86.6 Å². The van der Waals surface area contributed by atoms with Crippen molar-refractivity contribution >= 4 is 0 Å². The van der Waals surface area contributed by atoms with Crippen molar-refractivity contribution in [3.63, 3.8) is 0 Å². The van der Waals surface area contributed by atoms with Crippen LogP contribution in [0.1, 0.15) is 57.8 Å². The molecule has 3 atom stereocenters. The van der Waals surface area contributed by atoms with Crippen LogP contribution in [-0.2, 0) is 4.74 Å². The zero-order valence-electron chi connectivity index (χ0n) is 8.95. The molecular formula is C12H22O2. The summed E-state index contributed by atoms with van der Waals surface area (Å²) in [7, 11) is 0. The van der Waals surface area contributed by atoms with E-state index in [2.05, 4.69) is 0 Å². The minimum Gasteiger partial charge on any atom is -0.390 e. The number of aliphatic hydroxyl groups excluding tert-OH is 1. The SMILES string of the molecule is OC1CCCCCCCCC[C@@H]2O[C@@H]12. The van der Waals surface area contributed by atoms with Crippen LogP contribution in [-0.4, -0.2) is 23.4 Å². The van der Waals surface area contributed by atoms with E-state index in [0.717, 1.165) is 6.42 Å². The smallest absolute Gasteiger partial charge is 0.110 e. The van der Waals surface area contributed by atoms with Crippen molar-refractivity contribution in [1.29, 1.82) is 0 Å². The van der Waals surface area contributed by atoms with Gasteiger partial charge in [0.15, 0.2) is 0 Å². The van der Waals surface area contributed by atoms with Crippen molar-refractivity contribution in [3.05, 3.63) is 0 Å². The molecule has 0 bridgehead atoms. The maximum absolute atomic E-state index is 9.78. The number of epoxide rings is 1. The van der Waals surface area contributed by atoms with Gasteiger partial charge in [0.1, 0.15) is 6.10 Å². The molecule has 1 unspecified atom stereocenters. The summed E-state index contributed by atoms with van der Waals surface area (Å²) in [4.78, 5) is 0. The molecule has 0 aromatic rings. The van der Waals surface area contributed by atoms with Crippen LogP contribution in [0.4, 0.5) is 0 Å². The van der Waals surface area contributed by atoms with Crippen LogP contribution in [0.5, 0.6) is 0 Å². The van der Waals surface area contributed by atoms with Gasteiger partial charge in [0, 0.05) is 0 Å². The van der Waals surface area contributed by atoms with Crippen molar-refractivity contribution in [1.82, 2.24) is 0 Å². The molecule has 1 heterocycles. The highest BCUT2D eigenvalue weighted by atomic mass is 16.6. The van der Waals surface area contributed by atoms with Crippen LogP contribution >= 0.6 is 0 Å². The fourth-order valence-electron chi connectivity index (χ4n) is 2.47. The predicted octanol–water partition coefficient (Wildman–Crippen LogP) is 2.64. The third-order valence-electron chi connectivity index (χ3n) is 3.49. The molecule has 1 aliphatic heterocycles. The molecule has 1 saturated carbocycles. The normalized spacial score (nSPS) is 40.5. The van der Waals surface area contributed by atoms with E-state index in [1.54, 1.807) is 0 Å². The first-order valence-corrected chi connectivity index (χ1v) is 6.21. The zero-order chi connectivity index (χ0) is 9.80. The Balaban J connectivity index is 1.74. The van der Waals surface area contributed by atoms with Crippen molar-refractivity contribution in [2.45, 2.75) is 76.1 Å². The van der Waals surface area contributed by atoms with E-state index in [1.807, 2.05) is 0 Å². The van der Waals surface area contributed by atoms with Gasteiger partial charge < -0.3 is 9.84 Å². The molecule has 0 spiro atoms. The minimum atomic E-state index is -0.181. The van der Waals surface area contributed by atoms with Gasteiger partial charge in [-0.05, 0) is 12.8 Å². The largest absolute Gasteiger partial charge is 0.390 e. The summed E-state index contributed by atoms with van der Waals surface area (Å²) in [5.74, 6) is 0. The molecule has 0 aromatic heterocycles. The lowest BCUT2D eigenvalue weighted by molar-refractivity contribution is 0.123. The second-order valence-corrected chi connectivity index (χ2v) is 4.76. The molecule has 2 nitrogen and oxygen atoms in total. The maximum Gasteiger partial charge on any atom is 0.110 e. The van der Waals surface area contributed by atoms with E-state index < -0.39 is 0 Å². The third-order valence-corrected chi connectivity index (χ3v) is 3.49. The van der Waals surface area contributed by atoms with Crippen LogP contribution in [0.2, 0.25) is 0 Å². The summed E-state index contributed by atoms with van der Waals surface area (Å²) in [6.45, 7) is 0. The topological polar surface area (TPSA) is 32.8 Å². The predicted molar refractivity (Wildman–Crippen MR) is 56.2 cm³/mol. The van der Waals surface area contributed by atoms with Gasteiger partial charge >= 0.3 is 0 Å². The summed E-state index contributed by atoms with van der Waals surface area (Å²) in [6.07, 6.45) is 11.7. The number of ether oxygens (including phenoxy) is 1. The van der Waals surface area contributed by atoms with E-state index in [-0.39, 0.29) is 12.2 Å². The Morgan fingerprint density at radius 1 is 0.786 bits per heavy atom. The Hall–Kier alpha value is -0.0800. The van der Waals surface area contributed by atoms with Crippen LogP contribution in [0.3, 0.4) is 0 Å². The van der Waals surface area contributed by atoms with Crippen molar-refractivity contribution < 1.29 is 9.84 Å². The molecular weight excluding hydrogens is 176 g/mol. The lowest BCUT2D eigenvalue weighted by Crippen LogP contribution is -2.16. The monoisotopic (exact) mass is 198 g/mol. The van der Waals surface area contributed by atoms with Gasteiger partial charge in [-0.3, -0.25) is 0 Å². The Morgan fingerprint density at radius 3 is 2.07 bits per heavy atom. The van der Waals surface area contributed by atoms with E-state index in [4.69, 9.17) is 4.74 Å². The average Bonchev–Trinajstić information content (AvgIpc) is 2.92. The highest BCUT2D eigenvalue weighted by molar-refractivity contribution is 4.90. The Morgan fingerprint density at radius 2 is 1.36 bits per heavy atom. The molecule has 1 saturated heterocycles. The fraction of sp³-hybridized carbons (Fsp3) is 1.00. The second-order valence-electron chi connectivity index (χ2n) is 4.76. The van der Waals surface area contributed by atoms with Crippen LogP contribution < -0.4 is 0 Å². The summed E-state index contributed by atoms with van der Waals surface area (Å²) < 4.78 is 5.49. The summed E-state index contributed by atoms with van der Waals surface area (Å²) in [5.41, 5.74) is 0. The van der Waals surface area contributed by atoms with Crippen molar-refractivity contribution in [3.8, 4) is 0 Å². The molecule has 1 N–H and O–H groups in total. The van der Waals surface area contributed by atoms with E-state index in [9.17, 15) is 5.11 Å². The molecule has 1 aliphatic carbocycles. The molecule has 0 radical (unpaired) electrons. The number of hydrogen-bond donors (Lipinski definition) is 1. The van der Waals surface area contributed by atoms with Crippen LogP contribution in [0, 0.1) is 0 Å². The molecule has 2 fully saturated rings. The minimum absolute atomic E-state index is 0.181. The first kappa shape index (κ1) is 10.4. The zero-order valence-corrected chi connectivity index (χ0v) is 8.95. The van der Waals surface area contributed by atoms with E-state index in [0.29, 0.717) is 6.10 Å². The lowest BCUT2D eigenvalue weighted by Gasteiger charge is -2.08. The van der Waals surface area contributed by atoms with Gasteiger partial charge in [-0.25, -0.2) is 0 Å². The van der Waals surface area contributed by atoms with Gasteiger partial charge in [0.25, 0.3) is 0 Å². The van der Waals surface area contributed by atoms with Gasteiger partial charge in [-0.15, -0.1) is 0 Å². The summed E-state index contributed by atoms with van der Waals surface area (Å²) >= 11 is 0. The first-order valence-electron chi connectivity index (χ1n) is 6.21. The number of fused-ring (bicyclic) bond motifs is 1. The number of hydrogen-bond acceptors (Lipinski definition) is 2. The molecule has 82 valence electrons. The molecule has 0 aromatic carbocycles. The van der Waals surface area contributed by atoms with Crippen LogP contribution in [0.15, 0.2) is 0 Å². The highest BCUT2D eigenvalue weighted by Gasteiger charge is 2.43. The lowest BCUT2D eigenvalue weighted by atomic mass is 10.00. The van der Waals surface area contributed by atoms with E-state index in [1.165, 1.54) is 51.4 Å². The fourth-order valence-corrected chi connectivity index (χ4v) is 2.47. The van der Waals surface area contributed by atoms with Crippen molar-refractivity contribution in [2.75, 3.05) is 0 Å². The molecule has 2 heteroatoms. The quantitative estimate of drug-likeness (QED) is 0.607. The number of rotatable bonds is 0. The van der Waals surface area contributed by atoms with Gasteiger partial charge in [-0.1, -0.05) is 44.9 Å². The molecule has 0 amide bonds. The van der Waals surface area contributed by atoms with Gasteiger partial charge in [0.2, 0.25) is 0 Å². The number of aliphatic hydroxyl groups is 1. The average molecular weight is 198 g/mol. The van der Waals surface area contributed by atoms with Gasteiger partial charge in [0.05, 0.1) is 12.2 Å². The summed E-state index contributed by atoms with van der Waals surface area (Å²) in [6, 6.07) is 0. The summed E-state index contributed by atoms with van der Waals surface area (Å²) in [5, 5.41) is 9.78. The van der Waals surface area contributed by atoms with Crippen molar-refractivity contribution in [2.24, 2.45) is 0 Å². The molecule has 14 heavy (non-hydrogen) atoms. The Bertz CT molecular complexity index is 170. The second kappa shape index (κ2) is 5.13. The highest BCUT2D eigenvalue weighted by Crippen LogP contribution is 2.32. The standard InChI is InChI=1S/C12H22O2/c13-10-8-6-4-2-1-3-5-7-9-11-12(10)14-11/h10-13H,1-9H2/t10?,11-,12-/m0/s1. The van der Waals surface area contributed by atoms with Gasteiger partial charge in [-0.2, -0.15) is 0 Å². The molecule has 2 rings (SSSR count). The maximum atomic E-state index is 9.78. The third kappa shape index (κ3) is 2.96. The van der Waals surface area contributed by atoms with E-state index >= 15 is 0 Å². The first-order chi connectivity index (χ1) is 6.88. The molecule has 2 aliphatic rings. The Kier molecular flexibility index (Phi) is 3.82. The van der Waals surface area contributed by atoms with Crippen LogP contribution in [0.25, 0.3) is 0 Å².